The van der Waals surface area contributed by atoms with Crippen molar-refractivity contribution in [3.05, 3.63) is 36.1 Å². The highest BCUT2D eigenvalue weighted by Gasteiger charge is 2.35. The number of imidazole rings is 1. The summed E-state index contributed by atoms with van der Waals surface area (Å²) in [6, 6.07) is 3.12. The second-order valence-electron chi connectivity index (χ2n) is 7.41. The standard InChI is InChI=1S/C17H18ClF2N5O3S/c1-16(2,3)29(4,27)24-13(26)8-11-9-25-6-5-10(7-12(25)21-11)14-22-15(28-23-14)17(18,19)20/h5-7,9H,8H2,1-4H3. The van der Waals surface area contributed by atoms with E-state index in [9.17, 15) is 17.8 Å². The summed E-state index contributed by atoms with van der Waals surface area (Å²) >= 11 is 4.87. The lowest BCUT2D eigenvalue weighted by molar-refractivity contribution is -0.117. The van der Waals surface area contributed by atoms with Gasteiger partial charge in [0.15, 0.2) is 0 Å². The fourth-order valence-electron chi connectivity index (χ4n) is 2.23. The van der Waals surface area contributed by atoms with E-state index in [1.165, 1.54) is 6.26 Å². The van der Waals surface area contributed by atoms with E-state index in [0.717, 1.165) is 0 Å². The van der Waals surface area contributed by atoms with Crippen molar-refractivity contribution in [2.24, 2.45) is 4.36 Å². The van der Waals surface area contributed by atoms with Gasteiger partial charge in [-0.3, -0.25) is 4.79 Å². The third kappa shape index (κ3) is 4.61. The molecule has 0 saturated carbocycles. The first-order chi connectivity index (χ1) is 13.3. The number of amides is 1. The number of carbonyl (C=O) groups excluding carboxylic acids is 1. The highest BCUT2D eigenvalue weighted by Crippen LogP contribution is 2.32. The summed E-state index contributed by atoms with van der Waals surface area (Å²) in [4.78, 5) is 20.1. The third-order valence-electron chi connectivity index (χ3n) is 4.18. The normalized spacial score (nSPS) is 14.7. The Balaban J connectivity index is 1.86. The minimum Gasteiger partial charge on any atom is -0.331 e. The summed E-state index contributed by atoms with van der Waals surface area (Å²) in [6.07, 6.45) is 4.55. The topological polar surface area (TPSA) is 103 Å². The molecule has 0 saturated heterocycles. The number of nitrogens with zero attached hydrogens (tertiary/aromatic N) is 5. The van der Waals surface area contributed by atoms with Crippen LogP contribution in [0.3, 0.4) is 0 Å². The monoisotopic (exact) mass is 445 g/mol. The van der Waals surface area contributed by atoms with Gasteiger partial charge < -0.3 is 8.92 Å². The Morgan fingerprint density at radius 1 is 1.34 bits per heavy atom. The maximum absolute atomic E-state index is 13.0. The van der Waals surface area contributed by atoms with Crippen LogP contribution in [0.25, 0.3) is 17.0 Å². The Bertz CT molecular complexity index is 1200. The predicted octanol–water partition coefficient (Wildman–Crippen LogP) is 3.64. The molecule has 0 bridgehead atoms. The van der Waals surface area contributed by atoms with Gasteiger partial charge in [-0.15, -0.1) is 0 Å². The van der Waals surface area contributed by atoms with Crippen LogP contribution in [0, 0.1) is 0 Å². The van der Waals surface area contributed by atoms with Crippen LogP contribution in [-0.2, 0) is 26.3 Å². The van der Waals surface area contributed by atoms with Gasteiger partial charge in [-0.05, 0) is 44.5 Å². The zero-order valence-electron chi connectivity index (χ0n) is 16.0. The van der Waals surface area contributed by atoms with E-state index in [2.05, 4.69) is 24.0 Å². The molecular formula is C17H18ClF2N5O3S. The minimum absolute atomic E-state index is 0.0747. The highest BCUT2D eigenvalue weighted by molar-refractivity contribution is 7.94. The zero-order chi connectivity index (χ0) is 21.6. The molecule has 29 heavy (non-hydrogen) atoms. The Kier molecular flexibility index (Phi) is 5.24. The average Bonchev–Trinajstić information content (AvgIpc) is 3.18. The molecule has 3 aromatic rings. The van der Waals surface area contributed by atoms with Gasteiger partial charge in [-0.2, -0.15) is 18.1 Å². The molecule has 156 valence electrons. The fourth-order valence-corrected chi connectivity index (χ4v) is 3.04. The second-order valence-corrected chi connectivity index (χ2v) is 10.9. The van der Waals surface area contributed by atoms with Gasteiger partial charge in [0.25, 0.3) is 5.91 Å². The lowest BCUT2D eigenvalue weighted by Gasteiger charge is -2.19. The van der Waals surface area contributed by atoms with Crippen LogP contribution in [0.15, 0.2) is 33.4 Å². The van der Waals surface area contributed by atoms with E-state index >= 15 is 0 Å². The lowest BCUT2D eigenvalue weighted by Crippen LogP contribution is -2.27. The molecule has 0 aliphatic rings. The molecule has 0 radical (unpaired) electrons. The van der Waals surface area contributed by atoms with Crippen LogP contribution >= 0.6 is 11.6 Å². The first-order valence-corrected chi connectivity index (χ1v) is 10.7. The highest BCUT2D eigenvalue weighted by atomic mass is 35.5. The predicted molar refractivity (Wildman–Crippen MR) is 103 cm³/mol. The molecule has 8 nitrogen and oxygen atoms in total. The molecule has 0 spiro atoms. The molecule has 1 amide bonds. The van der Waals surface area contributed by atoms with Crippen molar-refractivity contribution in [1.29, 1.82) is 0 Å². The summed E-state index contributed by atoms with van der Waals surface area (Å²) < 4.78 is 48.0. The lowest BCUT2D eigenvalue weighted by atomic mass is 10.2. The van der Waals surface area contributed by atoms with Gasteiger partial charge in [-0.1, -0.05) is 5.16 Å². The van der Waals surface area contributed by atoms with Crippen molar-refractivity contribution in [3.63, 3.8) is 0 Å². The van der Waals surface area contributed by atoms with Crippen molar-refractivity contribution < 1.29 is 22.3 Å². The average molecular weight is 446 g/mol. The molecule has 3 aromatic heterocycles. The largest absolute Gasteiger partial charge is 0.400 e. The van der Waals surface area contributed by atoms with Crippen LogP contribution in [0.1, 0.15) is 32.4 Å². The molecule has 0 fully saturated rings. The molecular weight excluding hydrogens is 428 g/mol. The fraction of sp³-hybridized carbons (Fsp3) is 0.412. The number of hydrogen-bond donors (Lipinski definition) is 0. The number of halogens is 3. The molecule has 0 aliphatic carbocycles. The van der Waals surface area contributed by atoms with Crippen molar-refractivity contribution in [1.82, 2.24) is 19.5 Å². The van der Waals surface area contributed by atoms with Crippen LogP contribution in [-0.4, -0.2) is 40.6 Å². The number of carbonyl (C=O) groups is 1. The second kappa shape index (κ2) is 7.13. The van der Waals surface area contributed by atoms with Crippen LogP contribution in [0.5, 0.6) is 0 Å². The summed E-state index contributed by atoms with van der Waals surface area (Å²) in [5.41, 5.74) is 1.23. The Morgan fingerprint density at radius 3 is 2.62 bits per heavy atom. The number of hydrogen-bond acceptors (Lipinski definition) is 6. The van der Waals surface area contributed by atoms with Crippen LogP contribution in [0.4, 0.5) is 8.78 Å². The van der Waals surface area contributed by atoms with E-state index in [4.69, 9.17) is 11.6 Å². The smallest absolute Gasteiger partial charge is 0.331 e. The third-order valence-corrected chi connectivity index (χ3v) is 7.17. The van der Waals surface area contributed by atoms with Gasteiger partial charge >= 0.3 is 11.3 Å². The summed E-state index contributed by atoms with van der Waals surface area (Å²) in [5, 5.41) is -0.270. The van der Waals surface area contributed by atoms with Gasteiger partial charge in [-0.25, -0.2) is 9.19 Å². The number of pyridine rings is 1. The van der Waals surface area contributed by atoms with Crippen molar-refractivity contribution in [3.8, 4) is 11.4 Å². The molecule has 1 unspecified atom stereocenters. The van der Waals surface area contributed by atoms with Crippen molar-refractivity contribution >= 4 is 32.9 Å². The molecule has 3 heterocycles. The van der Waals surface area contributed by atoms with Gasteiger partial charge in [0.2, 0.25) is 5.82 Å². The van der Waals surface area contributed by atoms with Gasteiger partial charge in [0.1, 0.15) is 5.65 Å². The molecule has 0 aromatic carbocycles. The maximum Gasteiger partial charge on any atom is 0.400 e. The number of rotatable bonds is 4. The van der Waals surface area contributed by atoms with E-state index < -0.39 is 31.7 Å². The Labute approximate surface area is 170 Å². The zero-order valence-corrected chi connectivity index (χ0v) is 17.6. The van der Waals surface area contributed by atoms with Crippen LogP contribution in [0.2, 0.25) is 0 Å². The summed E-state index contributed by atoms with van der Waals surface area (Å²) in [5.74, 6) is -1.62. The number of fused-ring (bicyclic) bond motifs is 1. The molecule has 1 atom stereocenters. The Morgan fingerprint density at radius 2 is 2.03 bits per heavy atom. The van der Waals surface area contributed by atoms with E-state index in [0.29, 0.717) is 16.9 Å². The SMILES string of the molecule is CC(C)(C)S(C)(=O)=NC(=O)Cc1cn2ccc(-c3noc(C(F)(F)Cl)n3)cc2n1. The van der Waals surface area contributed by atoms with E-state index in [1.54, 1.807) is 49.7 Å². The van der Waals surface area contributed by atoms with Gasteiger partial charge in [0.05, 0.1) is 21.8 Å². The molecule has 12 heteroatoms. The van der Waals surface area contributed by atoms with Crippen molar-refractivity contribution in [2.45, 2.75) is 37.3 Å². The van der Waals surface area contributed by atoms with Crippen LogP contribution < -0.4 is 0 Å². The van der Waals surface area contributed by atoms with Gasteiger partial charge in [0, 0.05) is 29.0 Å². The molecule has 3 rings (SSSR count). The first kappa shape index (κ1) is 21.3. The maximum atomic E-state index is 13.0. The van der Waals surface area contributed by atoms with Crippen molar-refractivity contribution in [2.75, 3.05) is 6.26 Å². The first-order valence-electron chi connectivity index (χ1n) is 8.40. The summed E-state index contributed by atoms with van der Waals surface area (Å²) in [7, 11) is -2.71. The molecule has 0 N–H and O–H groups in total. The van der Waals surface area contributed by atoms with E-state index in [1.807, 2.05) is 0 Å². The molecule has 0 aliphatic heterocycles. The van der Waals surface area contributed by atoms with E-state index in [-0.39, 0.29) is 12.2 Å². The number of alkyl halides is 3. The summed E-state index contributed by atoms with van der Waals surface area (Å²) in [6.45, 7) is 5.26. The quantitative estimate of drug-likeness (QED) is 0.568. The Hall–Kier alpha value is -2.40. The number of aromatic nitrogens is 4. The minimum atomic E-state index is -3.76.